The van der Waals surface area contributed by atoms with Crippen LogP contribution in [0.1, 0.15) is 66.0 Å². The van der Waals surface area contributed by atoms with Crippen molar-refractivity contribution in [1.82, 2.24) is 19.7 Å². The van der Waals surface area contributed by atoms with Gasteiger partial charge in [-0.3, -0.25) is 14.7 Å². The van der Waals surface area contributed by atoms with Gasteiger partial charge in [0.25, 0.3) is 11.8 Å². The number of amides is 2. The Morgan fingerprint density at radius 2 is 2.03 bits per heavy atom. The first-order valence-electron chi connectivity index (χ1n) is 11.0. The first kappa shape index (κ1) is 21.0. The monoisotopic (exact) mass is 423 g/mol. The van der Waals surface area contributed by atoms with Crippen molar-refractivity contribution in [1.29, 1.82) is 0 Å². The topological polar surface area (TPSA) is 96.2 Å². The minimum atomic E-state index is -0.335. The summed E-state index contributed by atoms with van der Waals surface area (Å²) in [7, 11) is 0. The molecule has 8 heteroatoms. The normalized spacial score (nSPS) is 12.3. The number of carbonyl (C=O) groups is 2. The number of aromatic amines is 1. The van der Waals surface area contributed by atoms with Crippen molar-refractivity contribution in [2.75, 3.05) is 18.4 Å². The number of H-pyrrole nitrogens is 1. The third-order valence-electron chi connectivity index (χ3n) is 5.70. The zero-order valence-corrected chi connectivity index (χ0v) is 18.1. The molecule has 0 saturated carbocycles. The molecule has 8 nitrogen and oxygen atoms in total. The van der Waals surface area contributed by atoms with Gasteiger partial charge in [0.15, 0.2) is 11.6 Å². The highest BCUT2D eigenvalue weighted by atomic mass is 16.3. The van der Waals surface area contributed by atoms with Crippen LogP contribution in [-0.2, 0) is 13.0 Å². The lowest BCUT2D eigenvalue weighted by Gasteiger charge is -2.21. The van der Waals surface area contributed by atoms with Gasteiger partial charge in [-0.1, -0.05) is 26.7 Å². The van der Waals surface area contributed by atoms with Crippen molar-refractivity contribution in [2.45, 2.75) is 52.5 Å². The van der Waals surface area contributed by atoms with Crippen LogP contribution in [0.3, 0.4) is 0 Å². The molecular formula is C23H29N5O3. The van der Waals surface area contributed by atoms with Crippen molar-refractivity contribution >= 4 is 17.6 Å². The van der Waals surface area contributed by atoms with Crippen LogP contribution in [0.15, 0.2) is 35.1 Å². The SMILES string of the molecule is CCCCN(CCCC)C(=O)c1cc2n(c1)CCc1c(NC(=O)c3ccco3)n[nH]c1-2. The predicted octanol–water partition coefficient (Wildman–Crippen LogP) is 4.32. The van der Waals surface area contributed by atoms with Gasteiger partial charge in [-0.05, 0) is 37.5 Å². The van der Waals surface area contributed by atoms with Gasteiger partial charge in [-0.2, -0.15) is 5.10 Å². The van der Waals surface area contributed by atoms with E-state index in [1.807, 2.05) is 17.2 Å². The number of aryl methyl sites for hydroxylation is 1. The molecule has 0 spiro atoms. The summed E-state index contributed by atoms with van der Waals surface area (Å²) in [5.41, 5.74) is 3.40. The number of furan rings is 1. The molecule has 0 saturated heterocycles. The third kappa shape index (κ3) is 4.28. The number of nitrogens with zero attached hydrogens (tertiary/aromatic N) is 3. The molecule has 0 radical (unpaired) electrons. The average Bonchev–Trinajstić information content (AvgIpc) is 3.52. The van der Waals surface area contributed by atoms with E-state index in [4.69, 9.17) is 4.42 Å². The van der Waals surface area contributed by atoms with Crippen LogP contribution in [0.25, 0.3) is 11.4 Å². The van der Waals surface area contributed by atoms with Crippen LogP contribution in [0, 0.1) is 0 Å². The molecule has 2 N–H and O–H groups in total. The van der Waals surface area contributed by atoms with E-state index in [9.17, 15) is 9.59 Å². The highest BCUT2D eigenvalue weighted by Crippen LogP contribution is 2.33. The maximum Gasteiger partial charge on any atom is 0.292 e. The Labute approximate surface area is 181 Å². The van der Waals surface area contributed by atoms with Crippen molar-refractivity contribution < 1.29 is 14.0 Å². The number of fused-ring (bicyclic) bond motifs is 3. The molecule has 0 unspecified atom stereocenters. The van der Waals surface area contributed by atoms with Gasteiger partial charge >= 0.3 is 0 Å². The van der Waals surface area contributed by atoms with Gasteiger partial charge < -0.3 is 19.2 Å². The number of nitrogens with one attached hydrogen (secondary N) is 2. The fourth-order valence-electron chi connectivity index (χ4n) is 3.95. The van der Waals surface area contributed by atoms with Gasteiger partial charge in [-0.25, -0.2) is 0 Å². The van der Waals surface area contributed by atoms with Gasteiger partial charge in [-0.15, -0.1) is 0 Å². The molecule has 1 aliphatic rings. The summed E-state index contributed by atoms with van der Waals surface area (Å²) >= 11 is 0. The molecule has 4 rings (SSSR count). The number of hydrogen-bond donors (Lipinski definition) is 2. The summed E-state index contributed by atoms with van der Waals surface area (Å²) < 4.78 is 7.24. The maximum absolute atomic E-state index is 13.2. The minimum absolute atomic E-state index is 0.0798. The predicted molar refractivity (Wildman–Crippen MR) is 118 cm³/mol. The number of hydrogen-bond acceptors (Lipinski definition) is 4. The number of rotatable bonds is 9. The van der Waals surface area contributed by atoms with Crippen LogP contribution < -0.4 is 5.32 Å². The molecule has 164 valence electrons. The van der Waals surface area contributed by atoms with Gasteiger partial charge in [0.2, 0.25) is 0 Å². The van der Waals surface area contributed by atoms with E-state index in [0.717, 1.165) is 62.3 Å². The van der Waals surface area contributed by atoms with Gasteiger partial charge in [0.1, 0.15) is 0 Å². The van der Waals surface area contributed by atoms with Crippen molar-refractivity contribution in [2.24, 2.45) is 0 Å². The number of carbonyl (C=O) groups excluding carboxylic acids is 2. The van der Waals surface area contributed by atoms with E-state index in [1.54, 1.807) is 12.1 Å². The Bertz CT molecular complexity index is 1040. The van der Waals surface area contributed by atoms with E-state index < -0.39 is 0 Å². The fourth-order valence-corrected chi connectivity index (χ4v) is 3.95. The zero-order valence-electron chi connectivity index (χ0n) is 18.1. The summed E-state index contributed by atoms with van der Waals surface area (Å²) in [4.78, 5) is 27.5. The van der Waals surface area contributed by atoms with Crippen LogP contribution in [0.5, 0.6) is 0 Å². The van der Waals surface area contributed by atoms with Crippen LogP contribution >= 0.6 is 0 Å². The lowest BCUT2D eigenvalue weighted by Crippen LogP contribution is -2.32. The molecule has 31 heavy (non-hydrogen) atoms. The average molecular weight is 424 g/mol. The zero-order chi connectivity index (χ0) is 21.8. The molecule has 3 aromatic rings. The van der Waals surface area contributed by atoms with E-state index in [0.29, 0.717) is 17.8 Å². The van der Waals surface area contributed by atoms with Gasteiger partial charge in [0.05, 0.1) is 23.2 Å². The molecule has 3 aromatic heterocycles. The van der Waals surface area contributed by atoms with Crippen molar-refractivity contribution in [3.05, 3.63) is 47.5 Å². The Kier molecular flexibility index (Phi) is 6.25. The molecule has 1 aliphatic heterocycles. The van der Waals surface area contributed by atoms with Crippen LogP contribution in [0.4, 0.5) is 5.82 Å². The summed E-state index contributed by atoms with van der Waals surface area (Å²) in [5.74, 6) is 0.488. The Hall–Kier alpha value is -3.29. The molecule has 0 bridgehead atoms. The third-order valence-corrected chi connectivity index (χ3v) is 5.70. The molecule has 0 aliphatic carbocycles. The summed E-state index contributed by atoms with van der Waals surface area (Å²) in [5, 5.41) is 10.2. The second kappa shape index (κ2) is 9.24. The molecule has 0 fully saturated rings. The molecule has 2 amide bonds. The standard InChI is InChI=1S/C23H29N5O3/c1-3-5-10-27(11-6-4-2)23(30)16-14-18-20-17(9-12-28(18)15-16)21(26-25-20)24-22(29)19-8-7-13-31-19/h7-8,13-15H,3-6,9-12H2,1-2H3,(H2,24,25,26,29). The van der Waals surface area contributed by atoms with Crippen LogP contribution in [0.2, 0.25) is 0 Å². The van der Waals surface area contributed by atoms with E-state index in [1.165, 1.54) is 6.26 Å². The summed E-state index contributed by atoms with van der Waals surface area (Å²) in [6.07, 6.45) is 8.25. The minimum Gasteiger partial charge on any atom is -0.459 e. The largest absolute Gasteiger partial charge is 0.459 e. The number of aromatic nitrogens is 3. The second-order valence-corrected chi connectivity index (χ2v) is 7.91. The molecule has 4 heterocycles. The maximum atomic E-state index is 13.2. The Balaban J connectivity index is 1.55. The Morgan fingerprint density at radius 3 is 2.71 bits per heavy atom. The molecule has 0 atom stereocenters. The van der Waals surface area contributed by atoms with Gasteiger partial charge in [0, 0.05) is 31.4 Å². The number of anilines is 1. The van der Waals surface area contributed by atoms with Crippen LogP contribution in [-0.4, -0.2) is 44.6 Å². The number of unbranched alkanes of at least 4 members (excludes halogenated alkanes) is 2. The quantitative estimate of drug-likeness (QED) is 0.536. The second-order valence-electron chi connectivity index (χ2n) is 7.91. The lowest BCUT2D eigenvalue weighted by molar-refractivity contribution is 0.0751. The fraction of sp³-hybridized carbons (Fsp3) is 0.435. The first-order chi connectivity index (χ1) is 15.1. The highest BCUT2D eigenvalue weighted by molar-refractivity contribution is 6.02. The van der Waals surface area contributed by atoms with E-state index >= 15 is 0 Å². The molecule has 0 aromatic carbocycles. The summed E-state index contributed by atoms with van der Waals surface area (Å²) in [6, 6.07) is 5.21. The van der Waals surface area contributed by atoms with E-state index in [2.05, 4.69) is 33.9 Å². The summed E-state index contributed by atoms with van der Waals surface area (Å²) in [6.45, 7) is 6.58. The van der Waals surface area contributed by atoms with Crippen molar-refractivity contribution in [3.63, 3.8) is 0 Å². The molecular weight excluding hydrogens is 394 g/mol. The first-order valence-corrected chi connectivity index (χ1v) is 11.0. The lowest BCUT2D eigenvalue weighted by atomic mass is 10.1. The highest BCUT2D eigenvalue weighted by Gasteiger charge is 2.26. The van der Waals surface area contributed by atoms with Crippen molar-refractivity contribution in [3.8, 4) is 11.4 Å². The smallest absolute Gasteiger partial charge is 0.292 e. The Morgan fingerprint density at radius 1 is 1.26 bits per heavy atom. The van der Waals surface area contributed by atoms with E-state index in [-0.39, 0.29) is 17.6 Å².